The fraction of sp³-hybridized carbons (Fsp3) is 0.462. The number of carbonyl (C=O) groups excluding carboxylic acids is 1. The molecule has 3 nitrogen and oxygen atoms in total. The summed E-state index contributed by atoms with van der Waals surface area (Å²) in [7, 11) is 0. The Kier molecular flexibility index (Phi) is 3.13. The molecular weight excluding hydrogens is 202 g/mol. The monoisotopic (exact) mass is 219 g/mol. The van der Waals surface area contributed by atoms with Gasteiger partial charge in [-0.3, -0.25) is 0 Å². The second-order valence-corrected chi connectivity index (χ2v) is 4.09. The van der Waals surface area contributed by atoms with Gasteiger partial charge in [0.25, 0.3) is 0 Å². The third kappa shape index (κ3) is 2.03. The maximum atomic E-state index is 11.6. The van der Waals surface area contributed by atoms with E-state index in [1.165, 1.54) is 5.56 Å². The van der Waals surface area contributed by atoms with Crippen LogP contribution in [0.4, 0.5) is 5.69 Å². The quantitative estimate of drug-likeness (QED) is 0.729. The molecule has 0 aliphatic carbocycles. The van der Waals surface area contributed by atoms with E-state index in [-0.39, 0.29) is 12.0 Å². The third-order valence-electron chi connectivity index (χ3n) is 2.94. The molecule has 0 saturated carbocycles. The van der Waals surface area contributed by atoms with E-state index < -0.39 is 0 Å². The van der Waals surface area contributed by atoms with Crippen molar-refractivity contribution >= 4 is 11.7 Å². The van der Waals surface area contributed by atoms with E-state index in [2.05, 4.69) is 36.1 Å². The minimum Gasteiger partial charge on any atom is -0.464 e. The van der Waals surface area contributed by atoms with Crippen LogP contribution in [0, 0.1) is 6.92 Å². The molecule has 1 fully saturated rings. The van der Waals surface area contributed by atoms with Gasteiger partial charge >= 0.3 is 5.97 Å². The van der Waals surface area contributed by atoms with Crippen LogP contribution in [0.5, 0.6) is 0 Å². The summed E-state index contributed by atoms with van der Waals surface area (Å²) in [5, 5.41) is 0. The highest BCUT2D eigenvalue weighted by Gasteiger charge is 2.35. The Labute approximate surface area is 96.0 Å². The summed E-state index contributed by atoms with van der Waals surface area (Å²) in [6.07, 6.45) is 0.896. The highest BCUT2D eigenvalue weighted by molar-refractivity contribution is 5.82. The summed E-state index contributed by atoms with van der Waals surface area (Å²) < 4.78 is 5.04. The van der Waals surface area contributed by atoms with Crippen molar-refractivity contribution in [2.75, 3.05) is 18.1 Å². The summed E-state index contributed by atoms with van der Waals surface area (Å²) in [5.74, 6) is -0.102. The zero-order chi connectivity index (χ0) is 11.5. The first-order valence-corrected chi connectivity index (χ1v) is 5.72. The lowest BCUT2D eigenvalue weighted by molar-refractivity contribution is -0.146. The molecule has 86 valence electrons. The van der Waals surface area contributed by atoms with Crippen molar-refractivity contribution in [3.8, 4) is 0 Å². The molecule has 3 heteroatoms. The first kappa shape index (κ1) is 11.0. The molecule has 0 aromatic heterocycles. The highest BCUT2D eigenvalue weighted by atomic mass is 16.5. The van der Waals surface area contributed by atoms with Crippen LogP contribution < -0.4 is 4.90 Å². The number of nitrogens with zero attached hydrogens (tertiary/aromatic N) is 1. The van der Waals surface area contributed by atoms with Crippen LogP contribution in [0.3, 0.4) is 0 Å². The lowest BCUT2D eigenvalue weighted by atomic mass is 10.0. The molecule has 1 aromatic carbocycles. The first-order chi connectivity index (χ1) is 7.72. The smallest absolute Gasteiger partial charge is 0.328 e. The normalized spacial score (nSPS) is 19.1. The molecule has 1 aliphatic heterocycles. The molecule has 0 amide bonds. The standard InChI is InChI=1S/C13H17NO2/c1-3-16-13(15)12-8-9-14(12)11-6-4-10(2)5-7-11/h4-7,12H,3,8-9H2,1-2H3. The molecule has 0 radical (unpaired) electrons. The van der Waals surface area contributed by atoms with E-state index in [4.69, 9.17) is 4.74 Å². The Morgan fingerprint density at radius 3 is 2.62 bits per heavy atom. The summed E-state index contributed by atoms with van der Waals surface area (Å²) >= 11 is 0. The Morgan fingerprint density at radius 2 is 2.12 bits per heavy atom. The minimum absolute atomic E-state index is 0.0809. The number of anilines is 1. The lowest BCUT2D eigenvalue weighted by Crippen LogP contribution is -2.53. The van der Waals surface area contributed by atoms with Crippen molar-refractivity contribution in [3.63, 3.8) is 0 Å². The van der Waals surface area contributed by atoms with E-state index in [9.17, 15) is 4.79 Å². The number of hydrogen-bond donors (Lipinski definition) is 0. The number of benzene rings is 1. The number of ether oxygens (including phenoxy) is 1. The molecular formula is C13H17NO2. The SMILES string of the molecule is CCOC(=O)C1CCN1c1ccc(C)cc1. The van der Waals surface area contributed by atoms with Gasteiger partial charge in [-0.15, -0.1) is 0 Å². The van der Waals surface area contributed by atoms with Crippen LogP contribution in [-0.2, 0) is 9.53 Å². The van der Waals surface area contributed by atoms with Crippen LogP contribution in [0.15, 0.2) is 24.3 Å². The highest BCUT2D eigenvalue weighted by Crippen LogP contribution is 2.27. The Hall–Kier alpha value is -1.51. The van der Waals surface area contributed by atoms with E-state index >= 15 is 0 Å². The number of rotatable bonds is 3. The Balaban J connectivity index is 2.05. The lowest BCUT2D eigenvalue weighted by Gasteiger charge is -2.40. The molecule has 1 atom stereocenters. The molecule has 0 N–H and O–H groups in total. The molecule has 1 heterocycles. The third-order valence-corrected chi connectivity index (χ3v) is 2.94. The fourth-order valence-corrected chi connectivity index (χ4v) is 1.92. The zero-order valence-electron chi connectivity index (χ0n) is 9.77. The Bertz CT molecular complexity index is 372. The first-order valence-electron chi connectivity index (χ1n) is 5.72. The largest absolute Gasteiger partial charge is 0.464 e. The van der Waals surface area contributed by atoms with Gasteiger partial charge in [0.15, 0.2) is 0 Å². The van der Waals surface area contributed by atoms with E-state index in [1.807, 2.05) is 6.92 Å². The molecule has 1 aliphatic rings. The second-order valence-electron chi connectivity index (χ2n) is 4.09. The average molecular weight is 219 g/mol. The topological polar surface area (TPSA) is 29.5 Å². The van der Waals surface area contributed by atoms with E-state index in [0.29, 0.717) is 6.61 Å². The van der Waals surface area contributed by atoms with Gasteiger partial charge in [0.1, 0.15) is 6.04 Å². The average Bonchev–Trinajstić information content (AvgIpc) is 2.20. The molecule has 0 spiro atoms. The maximum Gasteiger partial charge on any atom is 0.328 e. The van der Waals surface area contributed by atoms with Crippen LogP contribution in [0.25, 0.3) is 0 Å². The summed E-state index contributed by atoms with van der Waals surface area (Å²) in [5.41, 5.74) is 2.34. The van der Waals surface area contributed by atoms with Crippen molar-refractivity contribution in [1.29, 1.82) is 0 Å². The van der Waals surface area contributed by atoms with Gasteiger partial charge in [-0.05, 0) is 32.4 Å². The van der Waals surface area contributed by atoms with Gasteiger partial charge in [-0.1, -0.05) is 17.7 Å². The zero-order valence-corrected chi connectivity index (χ0v) is 9.77. The van der Waals surface area contributed by atoms with Crippen LogP contribution in [0.1, 0.15) is 18.9 Å². The summed E-state index contributed by atoms with van der Waals surface area (Å²) in [6, 6.07) is 8.16. The number of hydrogen-bond acceptors (Lipinski definition) is 3. The predicted octanol–water partition coefficient (Wildman–Crippen LogP) is 2.14. The second kappa shape index (κ2) is 4.56. The van der Waals surface area contributed by atoms with Crippen molar-refractivity contribution in [2.45, 2.75) is 26.3 Å². The van der Waals surface area contributed by atoms with Crippen LogP contribution >= 0.6 is 0 Å². The Morgan fingerprint density at radius 1 is 1.44 bits per heavy atom. The van der Waals surface area contributed by atoms with Gasteiger partial charge < -0.3 is 9.64 Å². The fourth-order valence-electron chi connectivity index (χ4n) is 1.92. The number of aryl methyl sites for hydroxylation is 1. The van der Waals surface area contributed by atoms with Crippen LogP contribution in [-0.4, -0.2) is 25.2 Å². The molecule has 0 bridgehead atoms. The van der Waals surface area contributed by atoms with E-state index in [1.54, 1.807) is 0 Å². The molecule has 1 saturated heterocycles. The van der Waals surface area contributed by atoms with Gasteiger partial charge in [0, 0.05) is 12.2 Å². The maximum absolute atomic E-state index is 11.6. The molecule has 1 unspecified atom stereocenters. The van der Waals surface area contributed by atoms with Gasteiger partial charge in [-0.2, -0.15) is 0 Å². The van der Waals surface area contributed by atoms with E-state index in [0.717, 1.165) is 18.7 Å². The minimum atomic E-state index is -0.102. The summed E-state index contributed by atoms with van der Waals surface area (Å²) in [4.78, 5) is 13.7. The van der Waals surface area contributed by atoms with Crippen LogP contribution in [0.2, 0.25) is 0 Å². The van der Waals surface area contributed by atoms with Crippen molar-refractivity contribution < 1.29 is 9.53 Å². The van der Waals surface area contributed by atoms with Crippen molar-refractivity contribution in [3.05, 3.63) is 29.8 Å². The predicted molar refractivity (Wildman–Crippen MR) is 63.6 cm³/mol. The van der Waals surface area contributed by atoms with Crippen molar-refractivity contribution in [2.24, 2.45) is 0 Å². The van der Waals surface area contributed by atoms with Crippen molar-refractivity contribution in [1.82, 2.24) is 0 Å². The van der Waals surface area contributed by atoms with Gasteiger partial charge in [0.05, 0.1) is 6.61 Å². The number of esters is 1. The summed E-state index contributed by atoms with van der Waals surface area (Å²) in [6.45, 7) is 5.29. The number of carbonyl (C=O) groups is 1. The molecule has 2 rings (SSSR count). The molecule has 16 heavy (non-hydrogen) atoms. The van der Waals surface area contributed by atoms with Gasteiger partial charge in [0.2, 0.25) is 0 Å². The van der Waals surface area contributed by atoms with Gasteiger partial charge in [-0.25, -0.2) is 4.79 Å². The molecule has 1 aromatic rings.